The Morgan fingerprint density at radius 2 is 0.591 bits per heavy atom. The zero-order chi connectivity index (χ0) is 62.7. The minimum Gasteiger partial charge on any atom is -0.0654 e. The van der Waals surface area contributed by atoms with Crippen LogP contribution in [0.2, 0.25) is 0 Å². The highest BCUT2D eigenvalue weighted by Gasteiger charge is 2.39. The van der Waals surface area contributed by atoms with Crippen LogP contribution in [-0.2, 0) is 31.1 Å². The first-order chi connectivity index (χ1) is 42.8. The molecule has 0 aliphatic heterocycles. The van der Waals surface area contributed by atoms with Gasteiger partial charge in [-0.15, -0.1) is 0 Å². The van der Waals surface area contributed by atoms with Gasteiger partial charge in [-0.05, 0) is 211 Å². The molecule has 0 saturated heterocycles. The second-order valence-corrected chi connectivity index (χ2v) is 27.8. The predicted octanol–water partition coefficient (Wildman–Crippen LogP) is 27.8. The maximum atomic E-state index is 2.58. The molecule has 1 unspecified atom stereocenters. The van der Waals surface area contributed by atoms with E-state index in [-0.39, 0.29) is 5.41 Å². The molecular formula is C88H122. The minimum absolute atomic E-state index is 0.0629. The summed E-state index contributed by atoms with van der Waals surface area (Å²) in [4.78, 5) is 0. The highest BCUT2D eigenvalue weighted by Crippen LogP contribution is 2.53. The zero-order valence-electron chi connectivity index (χ0n) is 58.4. The second kappa shape index (κ2) is 37.0. The van der Waals surface area contributed by atoms with E-state index in [2.05, 4.69) is 204 Å². The van der Waals surface area contributed by atoms with E-state index in [4.69, 9.17) is 0 Å². The number of unbranched alkanes of at least 4 members (excludes halogenated alkanes) is 23. The third-order valence-electron chi connectivity index (χ3n) is 20.2. The largest absolute Gasteiger partial charge is 0.0654 e. The third kappa shape index (κ3) is 20.0. The van der Waals surface area contributed by atoms with E-state index >= 15 is 0 Å². The van der Waals surface area contributed by atoms with E-state index in [0.29, 0.717) is 0 Å². The first kappa shape index (κ1) is 70.0. The Labute approximate surface area is 541 Å². The van der Waals surface area contributed by atoms with Crippen molar-refractivity contribution in [2.24, 2.45) is 0 Å². The van der Waals surface area contributed by atoms with Gasteiger partial charge in [0.2, 0.25) is 0 Å². The Kier molecular flexibility index (Phi) is 29.4. The van der Waals surface area contributed by atoms with Crippen LogP contribution in [0.25, 0.3) is 55.6 Å². The fourth-order valence-electron chi connectivity index (χ4n) is 14.7. The van der Waals surface area contributed by atoms with E-state index in [1.807, 2.05) is 0 Å². The Morgan fingerprint density at radius 3 is 1.10 bits per heavy atom. The highest BCUT2D eigenvalue weighted by molar-refractivity contribution is 5.85. The molecule has 474 valence electrons. The van der Waals surface area contributed by atoms with Gasteiger partial charge in [-0.1, -0.05) is 328 Å². The molecular weight excluding hydrogens is 1060 g/mol. The monoisotopic (exact) mass is 1180 g/mol. The van der Waals surface area contributed by atoms with E-state index in [9.17, 15) is 0 Å². The summed E-state index contributed by atoms with van der Waals surface area (Å²) in [6.07, 6.45) is 43.5. The van der Waals surface area contributed by atoms with E-state index in [1.165, 1.54) is 306 Å². The molecule has 1 aliphatic rings. The van der Waals surface area contributed by atoms with Crippen LogP contribution in [0.5, 0.6) is 0 Å². The van der Waals surface area contributed by atoms with Gasteiger partial charge >= 0.3 is 0 Å². The van der Waals surface area contributed by atoms with Gasteiger partial charge in [0.25, 0.3) is 0 Å². The van der Waals surface area contributed by atoms with Crippen LogP contribution < -0.4 is 0 Å². The van der Waals surface area contributed by atoms with E-state index in [1.54, 1.807) is 22.3 Å². The molecule has 0 nitrogen and oxygen atoms in total. The molecule has 0 amide bonds. The molecule has 1 aliphatic carbocycles. The Balaban J connectivity index is 0.000000261. The number of benzene rings is 7. The number of rotatable bonds is 37. The van der Waals surface area contributed by atoms with Gasteiger partial charge < -0.3 is 0 Å². The Hall–Kier alpha value is -5.46. The Morgan fingerprint density at radius 1 is 0.239 bits per heavy atom. The lowest BCUT2D eigenvalue weighted by Crippen LogP contribution is -2.21. The van der Waals surface area contributed by atoms with Crippen LogP contribution in [0.15, 0.2) is 121 Å². The van der Waals surface area contributed by atoms with Crippen molar-refractivity contribution < 1.29 is 0 Å². The molecule has 1 atom stereocenters. The topological polar surface area (TPSA) is 0 Å². The maximum Gasteiger partial charge on any atom is 0.0187 e. The minimum atomic E-state index is 0.0629. The molecule has 88 heavy (non-hydrogen) atoms. The van der Waals surface area contributed by atoms with Crippen molar-refractivity contribution in [2.75, 3.05) is 0 Å². The van der Waals surface area contributed by atoms with Crippen molar-refractivity contribution in [1.29, 1.82) is 0 Å². The van der Waals surface area contributed by atoms with Gasteiger partial charge in [0.1, 0.15) is 0 Å². The summed E-state index contributed by atoms with van der Waals surface area (Å²) in [5.41, 5.74) is 31.8. The highest BCUT2D eigenvalue weighted by atomic mass is 14.4. The average Bonchev–Trinajstić information content (AvgIpc) is 1.97. The molecule has 0 bridgehead atoms. The molecule has 0 fully saturated rings. The van der Waals surface area contributed by atoms with Crippen LogP contribution in [0.4, 0.5) is 0 Å². The molecule has 0 spiro atoms. The lowest BCUT2D eigenvalue weighted by atomic mass is 9.75. The van der Waals surface area contributed by atoms with Crippen molar-refractivity contribution in [2.45, 2.75) is 300 Å². The van der Waals surface area contributed by atoms with Crippen LogP contribution >= 0.6 is 0 Å². The zero-order valence-corrected chi connectivity index (χ0v) is 58.4. The normalized spacial score (nSPS) is 13.4. The smallest absolute Gasteiger partial charge is 0.0187 e. The van der Waals surface area contributed by atoms with Gasteiger partial charge in [0.15, 0.2) is 0 Å². The lowest BCUT2D eigenvalue weighted by molar-refractivity contribution is 0.480. The van der Waals surface area contributed by atoms with Crippen molar-refractivity contribution in [3.63, 3.8) is 0 Å². The fourth-order valence-corrected chi connectivity index (χ4v) is 14.7. The first-order valence-electron chi connectivity index (χ1n) is 36.6. The standard InChI is InChI=1S/C50H68.C38H54/c1-7-10-13-16-19-22-33-50(6)48-35-39(5)26-30-46(48)47-32-28-41(37-49(47)50)40-27-31-45(43(36-40)24-21-18-15-12-9-3)44-29-25-38(4)34-42(44)23-20-17-14-11-8-2;1-7-9-11-13-15-17-19-33-28-38(34(26-30(33)4)20-18-16-14-12-10-8-2)35-22-24-37(32(6)27-35)36-23-21-29(3)25-31(36)5/h25-32,34-37H,7-24,33H2,1-6H3;21-28H,7-20H2,1-6H3. The van der Waals surface area contributed by atoms with Crippen molar-refractivity contribution in [1.82, 2.24) is 0 Å². The lowest BCUT2D eigenvalue weighted by Gasteiger charge is -2.28. The van der Waals surface area contributed by atoms with Crippen LogP contribution in [-0.4, -0.2) is 0 Å². The van der Waals surface area contributed by atoms with Crippen molar-refractivity contribution in [3.8, 4) is 55.6 Å². The summed E-state index contributed by atoms with van der Waals surface area (Å²) in [6, 6.07) is 48.4. The van der Waals surface area contributed by atoms with Crippen molar-refractivity contribution in [3.05, 3.63) is 188 Å². The molecule has 0 radical (unpaired) electrons. The van der Waals surface area contributed by atoms with Crippen molar-refractivity contribution >= 4 is 0 Å². The SMILES string of the molecule is CCCCCCCCC1(C)c2cc(C)ccc2-c2ccc(-c3ccc(-c4ccc(C)cc4CCCCCCC)c(CCCCCCC)c3)cc21.CCCCCCCCc1cc(-c2ccc(-c3ccc(C)cc3C)c(C)c2)c(CCCCCCCC)cc1C. The average molecular weight is 1180 g/mol. The number of aryl methyl sites for hydroxylation is 10. The van der Waals surface area contributed by atoms with Crippen LogP contribution in [0, 0.1) is 41.5 Å². The molecule has 8 rings (SSSR count). The molecule has 0 saturated carbocycles. The number of fused-ring (bicyclic) bond motifs is 3. The molecule has 0 aromatic heterocycles. The third-order valence-corrected chi connectivity index (χ3v) is 20.2. The summed E-state index contributed by atoms with van der Waals surface area (Å²) >= 11 is 0. The summed E-state index contributed by atoms with van der Waals surface area (Å²) < 4.78 is 0. The molecule has 0 heterocycles. The first-order valence-corrected chi connectivity index (χ1v) is 36.6. The van der Waals surface area contributed by atoms with Gasteiger partial charge in [-0.3, -0.25) is 0 Å². The molecule has 7 aromatic rings. The maximum absolute atomic E-state index is 2.58. The number of hydrogen-bond acceptors (Lipinski definition) is 0. The van der Waals surface area contributed by atoms with E-state index in [0.717, 1.165) is 6.42 Å². The second-order valence-electron chi connectivity index (χ2n) is 27.8. The van der Waals surface area contributed by atoms with E-state index < -0.39 is 0 Å². The van der Waals surface area contributed by atoms with Gasteiger partial charge in [-0.25, -0.2) is 0 Å². The summed E-state index contributed by atoms with van der Waals surface area (Å²) in [7, 11) is 0. The van der Waals surface area contributed by atoms with Gasteiger partial charge in [0.05, 0.1) is 0 Å². The molecule has 0 heteroatoms. The number of hydrogen-bond donors (Lipinski definition) is 0. The molecule has 0 N–H and O–H groups in total. The fraction of sp³-hybridized carbons (Fsp3) is 0.523. The molecule has 7 aromatic carbocycles. The summed E-state index contributed by atoms with van der Waals surface area (Å²) in [6.45, 7) is 27.7. The summed E-state index contributed by atoms with van der Waals surface area (Å²) in [5, 5.41) is 0. The van der Waals surface area contributed by atoms with Crippen LogP contribution in [0.1, 0.15) is 295 Å². The predicted molar refractivity (Wildman–Crippen MR) is 392 cm³/mol. The Bertz CT molecular complexity index is 3210. The quantitative estimate of drug-likeness (QED) is 0.0341. The van der Waals surface area contributed by atoms with Gasteiger partial charge in [-0.2, -0.15) is 0 Å². The van der Waals surface area contributed by atoms with Gasteiger partial charge in [0, 0.05) is 5.41 Å². The van der Waals surface area contributed by atoms with Crippen LogP contribution in [0.3, 0.4) is 0 Å². The summed E-state index contributed by atoms with van der Waals surface area (Å²) in [5.74, 6) is 0.